The number of carbonyl (C=O) groups is 1. The van der Waals surface area contributed by atoms with Crippen LogP contribution in [-0.4, -0.2) is 34.5 Å². The summed E-state index contributed by atoms with van der Waals surface area (Å²) in [6.45, 7) is 9.33. The van der Waals surface area contributed by atoms with Crippen LogP contribution in [0.4, 0.5) is 5.95 Å². The Morgan fingerprint density at radius 2 is 1.89 bits per heavy atom. The molecule has 0 unspecified atom stereocenters. The Morgan fingerprint density at radius 1 is 1.33 bits per heavy atom. The highest BCUT2D eigenvalue weighted by molar-refractivity contribution is 5.82. The number of aryl methyl sites for hydroxylation is 1. The van der Waals surface area contributed by atoms with Gasteiger partial charge in [-0.2, -0.15) is 0 Å². The van der Waals surface area contributed by atoms with E-state index in [1.165, 1.54) is 0 Å². The number of hydrogen-bond acceptors (Lipinski definition) is 4. The van der Waals surface area contributed by atoms with Crippen molar-refractivity contribution in [3.63, 3.8) is 0 Å². The fourth-order valence-electron chi connectivity index (χ4n) is 1.83. The molecule has 2 rings (SSSR count). The molecule has 1 fully saturated rings. The third-order valence-electron chi connectivity index (χ3n) is 2.80. The Labute approximate surface area is 108 Å². The summed E-state index contributed by atoms with van der Waals surface area (Å²) >= 11 is 0. The summed E-state index contributed by atoms with van der Waals surface area (Å²) in [4.78, 5) is 22.4. The molecule has 0 aliphatic carbocycles. The van der Waals surface area contributed by atoms with E-state index in [0.717, 1.165) is 5.56 Å². The van der Waals surface area contributed by atoms with Gasteiger partial charge < -0.3 is 10.2 Å². The van der Waals surface area contributed by atoms with Gasteiger partial charge in [0, 0.05) is 31.0 Å². The molecule has 18 heavy (non-hydrogen) atoms. The summed E-state index contributed by atoms with van der Waals surface area (Å²) in [6, 6.07) is 0. The zero-order chi connectivity index (χ0) is 13.3. The lowest BCUT2D eigenvalue weighted by Gasteiger charge is -2.39. The van der Waals surface area contributed by atoms with Gasteiger partial charge in [-0.1, -0.05) is 0 Å². The van der Waals surface area contributed by atoms with Crippen molar-refractivity contribution in [2.45, 2.75) is 33.2 Å². The molecule has 0 atom stereocenters. The van der Waals surface area contributed by atoms with Crippen LogP contribution in [0.1, 0.15) is 26.3 Å². The molecular weight excluding hydrogens is 228 g/mol. The van der Waals surface area contributed by atoms with Crippen LogP contribution in [0.2, 0.25) is 0 Å². The number of anilines is 1. The molecule has 0 spiro atoms. The summed E-state index contributed by atoms with van der Waals surface area (Å²) < 4.78 is 0. The predicted molar refractivity (Wildman–Crippen MR) is 70.4 cm³/mol. The highest BCUT2D eigenvalue weighted by atomic mass is 16.2. The van der Waals surface area contributed by atoms with Crippen LogP contribution in [0.15, 0.2) is 12.4 Å². The van der Waals surface area contributed by atoms with Gasteiger partial charge in [0.1, 0.15) is 0 Å². The lowest BCUT2D eigenvalue weighted by molar-refractivity contribution is -0.127. The van der Waals surface area contributed by atoms with Gasteiger partial charge in [0.2, 0.25) is 11.9 Å². The van der Waals surface area contributed by atoms with Gasteiger partial charge in [0.25, 0.3) is 0 Å². The van der Waals surface area contributed by atoms with E-state index in [1.807, 2.05) is 32.6 Å². The average molecular weight is 248 g/mol. The van der Waals surface area contributed by atoms with Gasteiger partial charge in [0.05, 0.1) is 5.92 Å². The van der Waals surface area contributed by atoms with Gasteiger partial charge in [-0.05, 0) is 33.3 Å². The second kappa shape index (κ2) is 4.55. The van der Waals surface area contributed by atoms with Crippen LogP contribution in [0, 0.1) is 12.8 Å². The SMILES string of the molecule is Cc1cnc(N2CC(C(=O)NC(C)(C)C)C2)nc1. The molecule has 5 heteroatoms. The first-order valence-corrected chi connectivity index (χ1v) is 6.21. The highest BCUT2D eigenvalue weighted by Gasteiger charge is 2.35. The Hall–Kier alpha value is -1.65. The molecular formula is C13H20N4O. The van der Waals surface area contributed by atoms with Crippen LogP contribution >= 0.6 is 0 Å². The Bertz CT molecular complexity index is 429. The second-order valence-electron chi connectivity index (χ2n) is 5.90. The maximum absolute atomic E-state index is 11.9. The van der Waals surface area contributed by atoms with Crippen molar-refractivity contribution in [3.8, 4) is 0 Å². The fraction of sp³-hybridized carbons (Fsp3) is 0.615. The minimum atomic E-state index is -0.169. The number of hydrogen-bond donors (Lipinski definition) is 1. The van der Waals surface area contributed by atoms with E-state index < -0.39 is 0 Å². The monoisotopic (exact) mass is 248 g/mol. The van der Waals surface area contributed by atoms with E-state index >= 15 is 0 Å². The van der Waals surface area contributed by atoms with Gasteiger partial charge in [-0.15, -0.1) is 0 Å². The molecule has 1 saturated heterocycles. The number of amides is 1. The van der Waals surface area contributed by atoms with Gasteiger partial charge >= 0.3 is 0 Å². The molecule has 5 nitrogen and oxygen atoms in total. The molecule has 0 radical (unpaired) electrons. The number of aromatic nitrogens is 2. The first-order valence-electron chi connectivity index (χ1n) is 6.21. The van der Waals surface area contributed by atoms with Crippen LogP contribution in [0.3, 0.4) is 0 Å². The van der Waals surface area contributed by atoms with E-state index in [9.17, 15) is 4.79 Å². The Balaban J connectivity index is 1.87. The highest BCUT2D eigenvalue weighted by Crippen LogP contribution is 2.21. The normalized spacial score (nSPS) is 16.3. The van der Waals surface area contributed by atoms with Crippen molar-refractivity contribution in [1.82, 2.24) is 15.3 Å². The zero-order valence-corrected chi connectivity index (χ0v) is 11.4. The number of carbonyl (C=O) groups excluding carboxylic acids is 1. The van der Waals surface area contributed by atoms with Crippen molar-refractivity contribution in [2.75, 3.05) is 18.0 Å². The number of rotatable bonds is 2. The molecule has 1 amide bonds. The zero-order valence-electron chi connectivity index (χ0n) is 11.4. The van der Waals surface area contributed by atoms with Gasteiger partial charge in [0.15, 0.2) is 0 Å². The molecule has 1 aromatic heterocycles. The quantitative estimate of drug-likeness (QED) is 0.852. The van der Waals surface area contributed by atoms with Crippen molar-refractivity contribution in [2.24, 2.45) is 5.92 Å². The van der Waals surface area contributed by atoms with Crippen molar-refractivity contribution in [3.05, 3.63) is 18.0 Å². The molecule has 0 bridgehead atoms. The summed E-state index contributed by atoms with van der Waals surface area (Å²) in [7, 11) is 0. The third-order valence-corrected chi connectivity index (χ3v) is 2.80. The number of nitrogens with zero attached hydrogens (tertiary/aromatic N) is 3. The summed E-state index contributed by atoms with van der Waals surface area (Å²) in [5.74, 6) is 0.875. The topological polar surface area (TPSA) is 58.1 Å². The second-order valence-corrected chi connectivity index (χ2v) is 5.90. The first kappa shape index (κ1) is 12.8. The van der Waals surface area contributed by atoms with Crippen molar-refractivity contribution >= 4 is 11.9 Å². The lowest BCUT2D eigenvalue weighted by atomic mass is 9.98. The summed E-state index contributed by atoms with van der Waals surface area (Å²) in [5.41, 5.74) is 0.874. The number of nitrogens with one attached hydrogen (secondary N) is 1. The molecule has 0 saturated carbocycles. The lowest BCUT2D eigenvalue weighted by Crippen LogP contribution is -2.57. The largest absolute Gasteiger partial charge is 0.351 e. The molecule has 98 valence electrons. The maximum atomic E-state index is 11.9. The van der Waals surface area contributed by atoms with Gasteiger partial charge in [-0.3, -0.25) is 4.79 Å². The van der Waals surface area contributed by atoms with Crippen LogP contribution in [-0.2, 0) is 4.79 Å². The maximum Gasteiger partial charge on any atom is 0.227 e. The Kier molecular flexibility index (Phi) is 3.24. The molecule has 2 heterocycles. The Morgan fingerprint density at radius 3 is 2.39 bits per heavy atom. The third kappa shape index (κ3) is 2.97. The van der Waals surface area contributed by atoms with Crippen LogP contribution in [0.25, 0.3) is 0 Å². The smallest absolute Gasteiger partial charge is 0.227 e. The van der Waals surface area contributed by atoms with E-state index in [2.05, 4.69) is 15.3 Å². The predicted octanol–water partition coefficient (Wildman–Crippen LogP) is 1.14. The van der Waals surface area contributed by atoms with E-state index in [0.29, 0.717) is 19.0 Å². The summed E-state index contributed by atoms with van der Waals surface area (Å²) in [5, 5.41) is 3.00. The minimum absolute atomic E-state index is 0.0501. The van der Waals surface area contributed by atoms with E-state index in [4.69, 9.17) is 0 Å². The van der Waals surface area contributed by atoms with Crippen LogP contribution < -0.4 is 10.2 Å². The van der Waals surface area contributed by atoms with Crippen molar-refractivity contribution in [1.29, 1.82) is 0 Å². The standard InChI is InChI=1S/C13H20N4O/c1-9-5-14-12(15-6-9)17-7-10(8-17)11(18)16-13(2,3)4/h5-6,10H,7-8H2,1-4H3,(H,16,18). The van der Waals surface area contributed by atoms with E-state index in [-0.39, 0.29) is 17.4 Å². The van der Waals surface area contributed by atoms with Gasteiger partial charge in [-0.25, -0.2) is 9.97 Å². The first-order chi connectivity index (χ1) is 8.35. The average Bonchev–Trinajstić information content (AvgIpc) is 2.15. The molecule has 0 aromatic carbocycles. The minimum Gasteiger partial charge on any atom is -0.351 e. The molecule has 1 aromatic rings. The molecule has 1 aliphatic heterocycles. The molecule has 1 N–H and O–H groups in total. The molecule has 1 aliphatic rings. The van der Waals surface area contributed by atoms with E-state index in [1.54, 1.807) is 12.4 Å². The van der Waals surface area contributed by atoms with Crippen molar-refractivity contribution < 1.29 is 4.79 Å². The van der Waals surface area contributed by atoms with Crippen LogP contribution in [0.5, 0.6) is 0 Å². The summed E-state index contributed by atoms with van der Waals surface area (Å²) in [6.07, 6.45) is 3.59. The fourth-order valence-corrected chi connectivity index (χ4v) is 1.83.